The first kappa shape index (κ1) is 16.2. The van der Waals surface area contributed by atoms with E-state index in [4.69, 9.17) is 4.52 Å². The molecule has 2 aromatic heterocycles. The number of carbonyl (C=O) groups excluding carboxylic acids is 1. The second-order valence-electron chi connectivity index (χ2n) is 5.34. The van der Waals surface area contributed by atoms with Crippen LogP contribution in [0.25, 0.3) is 0 Å². The van der Waals surface area contributed by atoms with E-state index in [9.17, 15) is 13.2 Å². The molecule has 0 unspecified atom stereocenters. The van der Waals surface area contributed by atoms with E-state index in [1.807, 2.05) is 0 Å². The first-order chi connectivity index (χ1) is 11.0. The highest BCUT2D eigenvalue weighted by Gasteiger charge is 2.31. The fourth-order valence-corrected chi connectivity index (χ4v) is 5.32. The van der Waals surface area contributed by atoms with Crippen LogP contribution in [0, 0.1) is 6.92 Å². The monoisotopic (exact) mass is 355 g/mol. The summed E-state index contributed by atoms with van der Waals surface area (Å²) in [4.78, 5) is 12.6. The van der Waals surface area contributed by atoms with Crippen molar-refractivity contribution in [3.63, 3.8) is 0 Å². The summed E-state index contributed by atoms with van der Waals surface area (Å²) in [6, 6.07) is 3.21. The summed E-state index contributed by atoms with van der Waals surface area (Å²) in [6.45, 7) is 2.98. The van der Waals surface area contributed by atoms with E-state index in [-0.39, 0.29) is 16.3 Å². The van der Waals surface area contributed by atoms with Crippen molar-refractivity contribution in [2.45, 2.75) is 31.2 Å². The highest BCUT2D eigenvalue weighted by Crippen LogP contribution is 2.27. The van der Waals surface area contributed by atoms with Gasteiger partial charge in [-0.15, -0.1) is 11.3 Å². The van der Waals surface area contributed by atoms with Gasteiger partial charge < -0.3 is 9.84 Å². The lowest BCUT2D eigenvalue weighted by Crippen LogP contribution is -2.30. The molecule has 0 atom stereocenters. The van der Waals surface area contributed by atoms with Gasteiger partial charge in [0.15, 0.2) is 0 Å². The summed E-state index contributed by atoms with van der Waals surface area (Å²) >= 11 is 1.12. The maximum Gasteiger partial charge on any atom is 0.263 e. The molecule has 1 N–H and O–H groups in total. The highest BCUT2D eigenvalue weighted by molar-refractivity contribution is 7.89. The molecule has 9 heteroatoms. The molecular formula is C14H17N3O4S2. The molecule has 3 heterocycles. The molecule has 7 nitrogen and oxygen atoms in total. The van der Waals surface area contributed by atoms with Crippen molar-refractivity contribution in [2.24, 2.45) is 0 Å². The molecule has 2 aromatic rings. The van der Waals surface area contributed by atoms with Crippen molar-refractivity contribution in [2.75, 3.05) is 13.1 Å². The van der Waals surface area contributed by atoms with Gasteiger partial charge in [0.1, 0.15) is 21.2 Å². The normalized spacial score (nSPS) is 15.9. The molecule has 1 saturated heterocycles. The average Bonchev–Trinajstić information content (AvgIpc) is 3.25. The third kappa shape index (κ3) is 3.31. The molecule has 124 valence electrons. The summed E-state index contributed by atoms with van der Waals surface area (Å²) < 4.78 is 31.6. The smallest absolute Gasteiger partial charge is 0.263 e. The molecule has 0 aliphatic carbocycles. The third-order valence-corrected chi connectivity index (χ3v) is 6.61. The lowest BCUT2D eigenvalue weighted by molar-refractivity contribution is 0.0951. The van der Waals surface area contributed by atoms with Crippen LogP contribution in [0.5, 0.6) is 0 Å². The molecular weight excluding hydrogens is 338 g/mol. The maximum atomic E-state index is 12.6. The van der Waals surface area contributed by atoms with Crippen LogP contribution in [0.1, 0.15) is 34.0 Å². The van der Waals surface area contributed by atoms with Gasteiger partial charge in [-0.05, 0) is 31.2 Å². The number of rotatable bonds is 5. The molecule has 1 fully saturated rings. The Morgan fingerprint density at radius 3 is 2.83 bits per heavy atom. The van der Waals surface area contributed by atoms with Crippen LogP contribution in [0.2, 0.25) is 0 Å². The van der Waals surface area contributed by atoms with Gasteiger partial charge in [0.2, 0.25) is 10.0 Å². The van der Waals surface area contributed by atoms with Gasteiger partial charge in [-0.25, -0.2) is 8.42 Å². The largest absolute Gasteiger partial charge is 0.361 e. The number of nitrogens with zero attached hydrogens (tertiary/aromatic N) is 2. The molecule has 0 bridgehead atoms. The van der Waals surface area contributed by atoms with Crippen LogP contribution in [-0.4, -0.2) is 36.9 Å². The van der Waals surface area contributed by atoms with Gasteiger partial charge in [-0.2, -0.15) is 4.31 Å². The van der Waals surface area contributed by atoms with Gasteiger partial charge >= 0.3 is 0 Å². The predicted octanol–water partition coefficient (Wildman–Crippen LogP) is 1.76. The molecule has 0 aromatic carbocycles. The fourth-order valence-electron chi connectivity index (χ4n) is 2.49. The number of sulfonamides is 1. The van der Waals surface area contributed by atoms with Gasteiger partial charge in [0.25, 0.3) is 5.91 Å². The molecule has 1 aliphatic heterocycles. The molecule has 0 spiro atoms. The number of nitrogens with one attached hydrogen (secondary N) is 1. The average molecular weight is 355 g/mol. The van der Waals surface area contributed by atoms with E-state index in [0.29, 0.717) is 24.5 Å². The minimum Gasteiger partial charge on any atom is -0.361 e. The van der Waals surface area contributed by atoms with Crippen LogP contribution < -0.4 is 5.32 Å². The zero-order chi connectivity index (χ0) is 16.4. The number of amides is 1. The van der Waals surface area contributed by atoms with Crippen LogP contribution in [0.4, 0.5) is 0 Å². The standard InChI is InChI=1S/C14H17N3O4S2/c1-10-8-11(16-21-10)9-15-14(18)13-12(4-7-22-13)23(19,20)17-5-2-3-6-17/h4,7-8H,2-3,5-6,9H2,1H3,(H,15,18). The Kier molecular flexibility index (Phi) is 4.51. The number of hydrogen-bond donors (Lipinski definition) is 1. The first-order valence-electron chi connectivity index (χ1n) is 7.26. The lowest BCUT2D eigenvalue weighted by Gasteiger charge is -2.15. The lowest BCUT2D eigenvalue weighted by atomic mass is 10.3. The minimum atomic E-state index is -3.60. The summed E-state index contributed by atoms with van der Waals surface area (Å²) in [5, 5.41) is 8.10. The number of carbonyl (C=O) groups is 1. The van der Waals surface area contributed by atoms with E-state index >= 15 is 0 Å². The quantitative estimate of drug-likeness (QED) is 0.882. The predicted molar refractivity (Wildman–Crippen MR) is 84.7 cm³/mol. The van der Waals surface area contributed by atoms with E-state index in [1.54, 1.807) is 18.4 Å². The Morgan fingerprint density at radius 2 is 2.17 bits per heavy atom. The number of thiophene rings is 1. The third-order valence-electron chi connectivity index (χ3n) is 3.63. The number of aromatic nitrogens is 1. The van der Waals surface area contributed by atoms with Crippen LogP contribution in [0.3, 0.4) is 0 Å². The maximum absolute atomic E-state index is 12.6. The molecule has 1 amide bonds. The van der Waals surface area contributed by atoms with E-state index in [0.717, 1.165) is 24.2 Å². The van der Waals surface area contributed by atoms with Crippen LogP contribution >= 0.6 is 11.3 Å². The van der Waals surface area contributed by atoms with E-state index < -0.39 is 15.9 Å². The van der Waals surface area contributed by atoms with Crippen molar-refractivity contribution in [3.8, 4) is 0 Å². The highest BCUT2D eigenvalue weighted by atomic mass is 32.2. The van der Waals surface area contributed by atoms with Crippen molar-refractivity contribution >= 4 is 27.3 Å². The van der Waals surface area contributed by atoms with Crippen molar-refractivity contribution in [3.05, 3.63) is 33.8 Å². The molecule has 1 aliphatic rings. The molecule has 0 saturated carbocycles. The van der Waals surface area contributed by atoms with Gasteiger partial charge in [0.05, 0.1) is 6.54 Å². The fraction of sp³-hybridized carbons (Fsp3) is 0.429. The van der Waals surface area contributed by atoms with Gasteiger partial charge in [0, 0.05) is 19.2 Å². The van der Waals surface area contributed by atoms with Crippen molar-refractivity contribution < 1.29 is 17.7 Å². The second kappa shape index (κ2) is 6.42. The first-order valence-corrected chi connectivity index (χ1v) is 9.58. The van der Waals surface area contributed by atoms with Gasteiger partial charge in [-0.1, -0.05) is 5.16 Å². The van der Waals surface area contributed by atoms with Crippen LogP contribution in [-0.2, 0) is 16.6 Å². The Morgan fingerprint density at radius 1 is 1.43 bits per heavy atom. The summed E-state index contributed by atoms with van der Waals surface area (Å²) in [5.74, 6) is 0.237. The Hall–Kier alpha value is -1.71. The number of hydrogen-bond acceptors (Lipinski definition) is 6. The van der Waals surface area contributed by atoms with Crippen molar-refractivity contribution in [1.82, 2.24) is 14.8 Å². The second-order valence-corrected chi connectivity index (χ2v) is 8.16. The minimum absolute atomic E-state index is 0.0817. The van der Waals surface area contributed by atoms with E-state index in [2.05, 4.69) is 10.5 Å². The molecule has 3 rings (SSSR count). The zero-order valence-electron chi connectivity index (χ0n) is 12.6. The SMILES string of the molecule is Cc1cc(CNC(=O)c2sccc2S(=O)(=O)N2CCCC2)no1. The Bertz CT molecular complexity index is 804. The Balaban J connectivity index is 1.76. The zero-order valence-corrected chi connectivity index (χ0v) is 14.2. The van der Waals surface area contributed by atoms with Gasteiger partial charge in [-0.3, -0.25) is 4.79 Å². The van der Waals surface area contributed by atoms with E-state index in [1.165, 1.54) is 10.4 Å². The molecule has 23 heavy (non-hydrogen) atoms. The Labute approximate surface area is 138 Å². The van der Waals surface area contributed by atoms with Crippen LogP contribution in [0.15, 0.2) is 26.9 Å². The summed E-state index contributed by atoms with van der Waals surface area (Å²) in [5.41, 5.74) is 0.594. The van der Waals surface area contributed by atoms with Crippen molar-refractivity contribution in [1.29, 1.82) is 0 Å². The molecule has 0 radical (unpaired) electrons. The summed E-state index contributed by atoms with van der Waals surface area (Å²) in [7, 11) is -3.60. The number of aryl methyl sites for hydroxylation is 1. The topological polar surface area (TPSA) is 92.5 Å². The summed E-state index contributed by atoms with van der Waals surface area (Å²) in [6.07, 6.45) is 1.72.